The topological polar surface area (TPSA) is 66.8 Å². The van der Waals surface area contributed by atoms with Crippen molar-refractivity contribution in [3.8, 4) is 0 Å². The Hall–Kier alpha value is -1.88. The Balaban J connectivity index is 1.90. The molecule has 2 rings (SSSR count). The molecule has 0 bridgehead atoms. The molecule has 0 saturated heterocycles. The zero-order chi connectivity index (χ0) is 18.1. The molecule has 1 N–H and O–H groups in total. The van der Waals surface area contributed by atoms with Gasteiger partial charge in [0.25, 0.3) is 0 Å². The number of carboxylic acids is 1. The number of ether oxygens (including phenoxy) is 1. The molecule has 1 aromatic carbocycles. The molecule has 1 aliphatic rings. The second kappa shape index (κ2) is 10.2. The SMILES string of the molecule is COCCN(CCCc1ccccc1)C(=O)C1CCCC(C(=O)O)C1. The number of rotatable bonds is 9. The fraction of sp³-hybridized carbons (Fsp3) is 0.600. The van der Waals surface area contributed by atoms with Crippen molar-refractivity contribution in [2.45, 2.75) is 38.5 Å². The van der Waals surface area contributed by atoms with Gasteiger partial charge in [-0.05, 0) is 37.7 Å². The van der Waals surface area contributed by atoms with Gasteiger partial charge in [0, 0.05) is 26.1 Å². The van der Waals surface area contributed by atoms with Crippen molar-refractivity contribution in [1.82, 2.24) is 4.90 Å². The molecule has 0 heterocycles. The van der Waals surface area contributed by atoms with Crippen LogP contribution in [0.5, 0.6) is 0 Å². The Kier molecular flexibility index (Phi) is 7.92. The molecule has 1 fully saturated rings. The normalized spacial score (nSPS) is 20.2. The first-order chi connectivity index (χ1) is 12.1. The fourth-order valence-corrected chi connectivity index (χ4v) is 3.55. The number of amides is 1. The Morgan fingerprint density at radius 1 is 1.16 bits per heavy atom. The van der Waals surface area contributed by atoms with Gasteiger partial charge in [0.15, 0.2) is 0 Å². The summed E-state index contributed by atoms with van der Waals surface area (Å²) in [5.74, 6) is -1.22. The van der Waals surface area contributed by atoms with E-state index in [4.69, 9.17) is 4.74 Å². The van der Waals surface area contributed by atoms with E-state index in [0.717, 1.165) is 25.7 Å². The fourth-order valence-electron chi connectivity index (χ4n) is 3.55. The van der Waals surface area contributed by atoms with Gasteiger partial charge in [-0.25, -0.2) is 0 Å². The Bertz CT molecular complexity index is 546. The van der Waals surface area contributed by atoms with E-state index in [9.17, 15) is 14.7 Å². The van der Waals surface area contributed by atoms with E-state index < -0.39 is 5.97 Å². The van der Waals surface area contributed by atoms with Gasteiger partial charge in [0.2, 0.25) is 5.91 Å². The minimum Gasteiger partial charge on any atom is -0.481 e. The van der Waals surface area contributed by atoms with Crippen molar-refractivity contribution in [2.24, 2.45) is 11.8 Å². The predicted molar refractivity (Wildman–Crippen MR) is 96.3 cm³/mol. The molecular weight excluding hydrogens is 318 g/mol. The second-order valence-electron chi connectivity index (χ2n) is 6.81. The van der Waals surface area contributed by atoms with Crippen LogP contribution in [0.2, 0.25) is 0 Å². The van der Waals surface area contributed by atoms with Crippen molar-refractivity contribution >= 4 is 11.9 Å². The summed E-state index contributed by atoms with van der Waals surface area (Å²) in [6, 6.07) is 10.2. The molecule has 2 unspecified atom stereocenters. The second-order valence-corrected chi connectivity index (χ2v) is 6.81. The number of hydrogen-bond donors (Lipinski definition) is 1. The quantitative estimate of drug-likeness (QED) is 0.746. The van der Waals surface area contributed by atoms with Crippen molar-refractivity contribution in [2.75, 3.05) is 26.8 Å². The van der Waals surface area contributed by atoms with Crippen molar-refractivity contribution in [3.05, 3.63) is 35.9 Å². The highest BCUT2D eigenvalue weighted by Crippen LogP contribution is 2.30. The van der Waals surface area contributed by atoms with E-state index in [1.807, 2.05) is 23.1 Å². The smallest absolute Gasteiger partial charge is 0.306 e. The number of nitrogens with zero attached hydrogens (tertiary/aromatic N) is 1. The van der Waals surface area contributed by atoms with Gasteiger partial charge in [0.1, 0.15) is 0 Å². The highest BCUT2D eigenvalue weighted by molar-refractivity contribution is 5.80. The van der Waals surface area contributed by atoms with Crippen molar-refractivity contribution in [1.29, 1.82) is 0 Å². The molecule has 2 atom stereocenters. The molecule has 0 radical (unpaired) electrons. The maximum absolute atomic E-state index is 12.9. The van der Waals surface area contributed by atoms with Crippen LogP contribution in [0.1, 0.15) is 37.7 Å². The third-order valence-corrected chi connectivity index (χ3v) is 4.99. The summed E-state index contributed by atoms with van der Waals surface area (Å²) in [5.41, 5.74) is 1.27. The van der Waals surface area contributed by atoms with Crippen LogP contribution in [-0.2, 0) is 20.7 Å². The molecule has 1 amide bonds. The largest absolute Gasteiger partial charge is 0.481 e. The maximum Gasteiger partial charge on any atom is 0.306 e. The highest BCUT2D eigenvalue weighted by atomic mass is 16.5. The number of carboxylic acid groups (broad SMARTS) is 1. The third-order valence-electron chi connectivity index (χ3n) is 4.99. The van der Waals surface area contributed by atoms with E-state index in [-0.39, 0.29) is 17.7 Å². The Labute approximate surface area is 150 Å². The first kappa shape index (κ1) is 19.4. The molecule has 1 aromatic rings. The van der Waals surface area contributed by atoms with E-state index >= 15 is 0 Å². The number of aryl methyl sites for hydroxylation is 1. The standard InChI is InChI=1S/C20H29NO4/c1-25-14-13-21(12-6-9-16-7-3-2-4-8-16)19(22)17-10-5-11-18(15-17)20(23)24/h2-4,7-8,17-18H,5-6,9-15H2,1H3,(H,23,24). The first-order valence-corrected chi connectivity index (χ1v) is 9.16. The number of methoxy groups -OCH3 is 1. The lowest BCUT2D eigenvalue weighted by Crippen LogP contribution is -2.41. The van der Waals surface area contributed by atoms with Crippen LogP contribution in [0, 0.1) is 11.8 Å². The lowest BCUT2D eigenvalue weighted by Gasteiger charge is -2.31. The summed E-state index contributed by atoms with van der Waals surface area (Å²) in [7, 11) is 1.63. The Morgan fingerprint density at radius 3 is 2.56 bits per heavy atom. The molecule has 0 aromatic heterocycles. The molecule has 1 saturated carbocycles. The van der Waals surface area contributed by atoms with Gasteiger partial charge in [-0.1, -0.05) is 36.8 Å². The van der Waals surface area contributed by atoms with E-state index in [1.165, 1.54) is 5.56 Å². The minimum absolute atomic E-state index is 0.0936. The molecule has 1 aliphatic carbocycles. The van der Waals surface area contributed by atoms with Gasteiger partial charge in [-0.3, -0.25) is 9.59 Å². The van der Waals surface area contributed by atoms with E-state index in [1.54, 1.807) is 7.11 Å². The van der Waals surface area contributed by atoms with Gasteiger partial charge in [-0.15, -0.1) is 0 Å². The van der Waals surface area contributed by atoms with Crippen LogP contribution < -0.4 is 0 Å². The monoisotopic (exact) mass is 347 g/mol. The lowest BCUT2D eigenvalue weighted by atomic mass is 9.80. The van der Waals surface area contributed by atoms with Gasteiger partial charge < -0.3 is 14.7 Å². The summed E-state index contributed by atoms with van der Waals surface area (Å²) < 4.78 is 5.15. The summed E-state index contributed by atoms with van der Waals surface area (Å²) in [6.07, 6.45) is 4.59. The number of carbonyl (C=O) groups excluding carboxylic acids is 1. The zero-order valence-electron chi connectivity index (χ0n) is 15.0. The van der Waals surface area contributed by atoms with Gasteiger partial charge in [0.05, 0.1) is 12.5 Å². The first-order valence-electron chi connectivity index (χ1n) is 9.16. The van der Waals surface area contributed by atoms with Gasteiger partial charge >= 0.3 is 5.97 Å². The molecule has 5 nitrogen and oxygen atoms in total. The summed E-state index contributed by atoms with van der Waals surface area (Å²) in [5, 5.41) is 9.24. The molecule has 138 valence electrons. The van der Waals surface area contributed by atoms with Crippen molar-refractivity contribution < 1.29 is 19.4 Å². The average molecular weight is 347 g/mol. The number of carbonyl (C=O) groups is 2. The van der Waals surface area contributed by atoms with E-state index in [2.05, 4.69) is 12.1 Å². The minimum atomic E-state index is -0.773. The number of benzene rings is 1. The molecular formula is C20H29NO4. The summed E-state index contributed by atoms with van der Waals surface area (Å²) in [6.45, 7) is 1.76. The third kappa shape index (κ3) is 6.16. The van der Waals surface area contributed by atoms with Crippen LogP contribution in [0.15, 0.2) is 30.3 Å². The lowest BCUT2D eigenvalue weighted by molar-refractivity contribution is -0.145. The summed E-state index contributed by atoms with van der Waals surface area (Å²) >= 11 is 0. The molecule has 5 heteroatoms. The highest BCUT2D eigenvalue weighted by Gasteiger charge is 2.33. The number of hydrogen-bond acceptors (Lipinski definition) is 3. The number of aliphatic carboxylic acids is 1. The molecule has 0 aliphatic heterocycles. The maximum atomic E-state index is 12.9. The van der Waals surface area contributed by atoms with Crippen LogP contribution >= 0.6 is 0 Å². The van der Waals surface area contributed by atoms with Crippen LogP contribution in [-0.4, -0.2) is 48.7 Å². The summed E-state index contributed by atoms with van der Waals surface area (Å²) in [4.78, 5) is 26.0. The average Bonchev–Trinajstić information content (AvgIpc) is 2.65. The van der Waals surface area contributed by atoms with Crippen molar-refractivity contribution in [3.63, 3.8) is 0 Å². The van der Waals surface area contributed by atoms with Crippen LogP contribution in [0.4, 0.5) is 0 Å². The molecule has 25 heavy (non-hydrogen) atoms. The predicted octanol–water partition coefficient (Wildman–Crippen LogP) is 2.99. The Morgan fingerprint density at radius 2 is 1.88 bits per heavy atom. The van der Waals surface area contributed by atoms with Crippen LogP contribution in [0.25, 0.3) is 0 Å². The van der Waals surface area contributed by atoms with Crippen LogP contribution in [0.3, 0.4) is 0 Å². The van der Waals surface area contributed by atoms with E-state index in [0.29, 0.717) is 32.5 Å². The zero-order valence-corrected chi connectivity index (χ0v) is 15.0. The molecule has 0 spiro atoms. The van der Waals surface area contributed by atoms with Gasteiger partial charge in [-0.2, -0.15) is 0 Å².